The van der Waals surface area contributed by atoms with Gasteiger partial charge in [-0.05, 0) is 18.2 Å². The molecule has 1 rings (SSSR count). The smallest absolute Gasteiger partial charge is 0.148 e. The standard InChI is InChI=1S/C15H20BrNO3/c1-4-7-20-15-6-5-13(16)8-12(15)9-17-10-14(19-3)11-18-2/h1,5-6,8,14,17H,7,9-11H2,2-3H3. The summed E-state index contributed by atoms with van der Waals surface area (Å²) < 4.78 is 16.9. The minimum absolute atomic E-state index is 0.0298. The van der Waals surface area contributed by atoms with Gasteiger partial charge in [0, 0.05) is 37.3 Å². The normalized spacial score (nSPS) is 11.9. The van der Waals surface area contributed by atoms with Crippen LogP contribution >= 0.6 is 15.9 Å². The quantitative estimate of drug-likeness (QED) is 0.699. The topological polar surface area (TPSA) is 39.7 Å². The molecule has 0 bridgehead atoms. The first-order valence-electron chi connectivity index (χ1n) is 6.28. The van der Waals surface area contributed by atoms with Crippen LogP contribution in [-0.4, -0.2) is 40.1 Å². The van der Waals surface area contributed by atoms with Crippen molar-refractivity contribution < 1.29 is 14.2 Å². The maximum Gasteiger partial charge on any atom is 0.148 e. The zero-order valence-corrected chi connectivity index (χ0v) is 13.4. The van der Waals surface area contributed by atoms with Crippen molar-refractivity contribution in [2.75, 3.05) is 34.0 Å². The van der Waals surface area contributed by atoms with Crippen molar-refractivity contribution in [2.45, 2.75) is 12.6 Å². The van der Waals surface area contributed by atoms with Crippen LogP contribution in [0.1, 0.15) is 5.56 Å². The first-order chi connectivity index (χ1) is 9.71. The van der Waals surface area contributed by atoms with E-state index >= 15 is 0 Å². The van der Waals surface area contributed by atoms with Gasteiger partial charge in [-0.1, -0.05) is 21.9 Å². The van der Waals surface area contributed by atoms with Crippen LogP contribution in [0.5, 0.6) is 5.75 Å². The molecule has 0 aliphatic rings. The van der Waals surface area contributed by atoms with Crippen LogP contribution in [0, 0.1) is 12.3 Å². The van der Waals surface area contributed by atoms with Crippen molar-refractivity contribution in [1.82, 2.24) is 5.32 Å². The summed E-state index contributed by atoms with van der Waals surface area (Å²) in [6.07, 6.45) is 5.25. The third-order valence-electron chi connectivity index (χ3n) is 2.71. The maximum atomic E-state index is 5.52. The monoisotopic (exact) mass is 341 g/mol. The van der Waals surface area contributed by atoms with Crippen molar-refractivity contribution in [1.29, 1.82) is 0 Å². The number of hydrogen-bond donors (Lipinski definition) is 1. The van der Waals surface area contributed by atoms with Crippen molar-refractivity contribution in [3.05, 3.63) is 28.2 Å². The SMILES string of the molecule is C#CCOc1ccc(Br)cc1CNCC(COC)OC. The molecular formula is C15H20BrNO3. The zero-order valence-electron chi connectivity index (χ0n) is 11.8. The Morgan fingerprint density at radius 1 is 1.40 bits per heavy atom. The minimum Gasteiger partial charge on any atom is -0.481 e. The number of ether oxygens (including phenoxy) is 3. The van der Waals surface area contributed by atoms with Crippen molar-refractivity contribution >= 4 is 15.9 Å². The molecule has 0 aliphatic heterocycles. The summed E-state index contributed by atoms with van der Waals surface area (Å²) in [5, 5.41) is 3.32. The molecule has 0 radical (unpaired) electrons. The van der Waals surface area contributed by atoms with E-state index in [1.54, 1.807) is 14.2 Å². The van der Waals surface area contributed by atoms with E-state index in [4.69, 9.17) is 20.6 Å². The van der Waals surface area contributed by atoms with E-state index in [1.807, 2.05) is 18.2 Å². The lowest BCUT2D eigenvalue weighted by Crippen LogP contribution is -2.31. The predicted molar refractivity (Wildman–Crippen MR) is 82.8 cm³/mol. The second-order valence-electron chi connectivity index (χ2n) is 4.19. The minimum atomic E-state index is 0.0298. The fourth-order valence-corrected chi connectivity index (χ4v) is 2.12. The molecular weight excluding hydrogens is 322 g/mol. The summed E-state index contributed by atoms with van der Waals surface area (Å²) in [5.41, 5.74) is 1.04. The number of hydrogen-bond acceptors (Lipinski definition) is 4. The molecule has 1 N–H and O–H groups in total. The van der Waals surface area contributed by atoms with Gasteiger partial charge in [-0.15, -0.1) is 6.42 Å². The van der Waals surface area contributed by atoms with Gasteiger partial charge < -0.3 is 19.5 Å². The maximum absolute atomic E-state index is 5.52. The van der Waals surface area contributed by atoms with Gasteiger partial charge in [0.25, 0.3) is 0 Å². The Kier molecular flexibility index (Phi) is 8.31. The average molecular weight is 342 g/mol. The van der Waals surface area contributed by atoms with Gasteiger partial charge in [0.15, 0.2) is 0 Å². The molecule has 1 aromatic carbocycles. The summed E-state index contributed by atoms with van der Waals surface area (Å²) in [6, 6.07) is 5.84. The third-order valence-corrected chi connectivity index (χ3v) is 3.20. The molecule has 0 aliphatic carbocycles. The van der Waals surface area contributed by atoms with E-state index in [2.05, 4.69) is 27.2 Å². The summed E-state index contributed by atoms with van der Waals surface area (Å²) >= 11 is 3.46. The number of nitrogens with one attached hydrogen (secondary N) is 1. The summed E-state index contributed by atoms with van der Waals surface area (Å²) in [4.78, 5) is 0. The van der Waals surface area contributed by atoms with Gasteiger partial charge in [0.05, 0.1) is 12.7 Å². The number of halogens is 1. The third kappa shape index (κ3) is 5.93. The van der Waals surface area contributed by atoms with Crippen LogP contribution in [0.3, 0.4) is 0 Å². The fourth-order valence-electron chi connectivity index (χ4n) is 1.71. The van der Waals surface area contributed by atoms with E-state index in [-0.39, 0.29) is 12.7 Å². The molecule has 5 heteroatoms. The molecule has 110 valence electrons. The lowest BCUT2D eigenvalue weighted by atomic mass is 10.2. The average Bonchev–Trinajstić information content (AvgIpc) is 2.45. The highest BCUT2D eigenvalue weighted by molar-refractivity contribution is 9.10. The molecule has 0 saturated carbocycles. The Morgan fingerprint density at radius 2 is 2.20 bits per heavy atom. The first-order valence-corrected chi connectivity index (χ1v) is 7.07. The van der Waals surface area contributed by atoms with Crippen molar-refractivity contribution in [3.63, 3.8) is 0 Å². The molecule has 0 amide bonds. The Bertz CT molecular complexity index is 445. The second kappa shape index (κ2) is 9.78. The van der Waals surface area contributed by atoms with E-state index < -0.39 is 0 Å². The van der Waals surface area contributed by atoms with Gasteiger partial charge in [0.1, 0.15) is 12.4 Å². The predicted octanol–water partition coefficient (Wildman–Crippen LogP) is 2.21. The van der Waals surface area contributed by atoms with Gasteiger partial charge in [-0.25, -0.2) is 0 Å². The highest BCUT2D eigenvalue weighted by Crippen LogP contribution is 2.23. The van der Waals surface area contributed by atoms with Gasteiger partial charge in [-0.3, -0.25) is 0 Å². The van der Waals surface area contributed by atoms with Crippen molar-refractivity contribution in [2.24, 2.45) is 0 Å². The van der Waals surface area contributed by atoms with Gasteiger partial charge in [0.2, 0.25) is 0 Å². The Labute approximate surface area is 128 Å². The Balaban J connectivity index is 2.57. The lowest BCUT2D eigenvalue weighted by molar-refractivity contribution is 0.0287. The number of benzene rings is 1. The van der Waals surface area contributed by atoms with Gasteiger partial charge in [-0.2, -0.15) is 0 Å². The molecule has 1 unspecified atom stereocenters. The highest BCUT2D eigenvalue weighted by Gasteiger charge is 2.08. The molecule has 0 heterocycles. The molecule has 0 fully saturated rings. The summed E-state index contributed by atoms with van der Waals surface area (Å²) in [5.74, 6) is 3.26. The van der Waals surface area contributed by atoms with E-state index in [0.29, 0.717) is 19.7 Å². The fraction of sp³-hybridized carbons (Fsp3) is 0.467. The molecule has 1 aromatic rings. The molecule has 0 saturated heterocycles. The Morgan fingerprint density at radius 3 is 2.85 bits per heavy atom. The van der Waals surface area contributed by atoms with Crippen LogP contribution in [0.4, 0.5) is 0 Å². The van der Waals surface area contributed by atoms with Crippen LogP contribution in [0.2, 0.25) is 0 Å². The number of methoxy groups -OCH3 is 2. The van der Waals surface area contributed by atoms with Crippen LogP contribution in [0.15, 0.2) is 22.7 Å². The van der Waals surface area contributed by atoms with Crippen LogP contribution < -0.4 is 10.1 Å². The second-order valence-corrected chi connectivity index (χ2v) is 5.10. The Hall–Kier alpha value is -1.06. The lowest BCUT2D eigenvalue weighted by Gasteiger charge is -2.16. The largest absolute Gasteiger partial charge is 0.481 e. The van der Waals surface area contributed by atoms with Gasteiger partial charge >= 0.3 is 0 Å². The van der Waals surface area contributed by atoms with Crippen LogP contribution in [-0.2, 0) is 16.0 Å². The summed E-state index contributed by atoms with van der Waals surface area (Å²) in [7, 11) is 3.33. The number of terminal acetylenes is 1. The molecule has 0 aromatic heterocycles. The zero-order chi connectivity index (χ0) is 14.8. The molecule has 20 heavy (non-hydrogen) atoms. The molecule has 1 atom stereocenters. The molecule has 4 nitrogen and oxygen atoms in total. The molecule has 0 spiro atoms. The summed E-state index contributed by atoms with van der Waals surface area (Å²) in [6.45, 7) is 2.19. The first kappa shape index (κ1) is 17.0. The van der Waals surface area contributed by atoms with E-state index in [9.17, 15) is 0 Å². The van der Waals surface area contributed by atoms with Crippen LogP contribution in [0.25, 0.3) is 0 Å². The highest BCUT2D eigenvalue weighted by atomic mass is 79.9. The van der Waals surface area contributed by atoms with E-state index in [1.165, 1.54) is 0 Å². The van der Waals surface area contributed by atoms with E-state index in [0.717, 1.165) is 15.8 Å². The number of rotatable bonds is 9. The van der Waals surface area contributed by atoms with Crippen molar-refractivity contribution in [3.8, 4) is 18.1 Å².